The first-order valence-electron chi connectivity index (χ1n) is 6.23. The first kappa shape index (κ1) is 14.9. The molecular weight excluding hydrogens is 328 g/mol. The zero-order valence-electron chi connectivity index (χ0n) is 10.8. The van der Waals surface area contributed by atoms with Gasteiger partial charge in [-0.15, -0.1) is 0 Å². The fraction of sp³-hybridized carbons (Fsp3) is 0.571. The van der Waals surface area contributed by atoms with E-state index in [0.717, 1.165) is 16.5 Å². The maximum absolute atomic E-state index is 13.1. The van der Waals surface area contributed by atoms with Gasteiger partial charge in [0.25, 0.3) is 0 Å². The van der Waals surface area contributed by atoms with Gasteiger partial charge in [0.15, 0.2) is 0 Å². The molecule has 1 rings (SSSR count). The van der Waals surface area contributed by atoms with Gasteiger partial charge in [-0.2, -0.15) is 0 Å². The SMILES string of the molecule is CCNC(CCC(C)C)c1ccc(F)cc1I. The van der Waals surface area contributed by atoms with Crippen LogP contribution in [0.1, 0.15) is 45.2 Å². The van der Waals surface area contributed by atoms with Crippen molar-refractivity contribution in [3.8, 4) is 0 Å². The molecule has 0 heterocycles. The first-order chi connectivity index (χ1) is 8.04. The van der Waals surface area contributed by atoms with E-state index in [1.165, 1.54) is 12.0 Å². The molecule has 0 saturated heterocycles. The maximum atomic E-state index is 13.1. The summed E-state index contributed by atoms with van der Waals surface area (Å²) in [6.45, 7) is 7.52. The van der Waals surface area contributed by atoms with Crippen molar-refractivity contribution in [1.82, 2.24) is 5.32 Å². The van der Waals surface area contributed by atoms with Gasteiger partial charge in [-0.05, 0) is 65.6 Å². The molecule has 0 aliphatic carbocycles. The fourth-order valence-corrected chi connectivity index (χ4v) is 2.75. The van der Waals surface area contributed by atoms with Gasteiger partial charge in [0.2, 0.25) is 0 Å². The van der Waals surface area contributed by atoms with Crippen LogP contribution in [0, 0.1) is 15.3 Å². The van der Waals surface area contributed by atoms with Crippen LogP contribution in [0.4, 0.5) is 4.39 Å². The topological polar surface area (TPSA) is 12.0 Å². The van der Waals surface area contributed by atoms with Crippen LogP contribution < -0.4 is 5.32 Å². The maximum Gasteiger partial charge on any atom is 0.124 e. The summed E-state index contributed by atoms with van der Waals surface area (Å²) in [5, 5.41) is 3.49. The molecule has 0 saturated carbocycles. The average molecular weight is 349 g/mol. The van der Waals surface area contributed by atoms with Gasteiger partial charge >= 0.3 is 0 Å². The van der Waals surface area contributed by atoms with E-state index in [9.17, 15) is 4.39 Å². The third kappa shape index (κ3) is 4.92. The van der Waals surface area contributed by atoms with E-state index in [-0.39, 0.29) is 5.82 Å². The third-order valence-corrected chi connectivity index (χ3v) is 3.76. The van der Waals surface area contributed by atoms with Gasteiger partial charge in [-0.25, -0.2) is 4.39 Å². The van der Waals surface area contributed by atoms with Crippen LogP contribution in [-0.2, 0) is 0 Å². The van der Waals surface area contributed by atoms with Crippen molar-refractivity contribution in [2.75, 3.05) is 6.54 Å². The smallest absolute Gasteiger partial charge is 0.124 e. The summed E-state index contributed by atoms with van der Waals surface area (Å²) in [6.07, 6.45) is 2.29. The lowest BCUT2D eigenvalue weighted by Gasteiger charge is -2.20. The summed E-state index contributed by atoms with van der Waals surface area (Å²) in [6, 6.07) is 5.41. The normalized spacial score (nSPS) is 13.1. The van der Waals surface area contributed by atoms with Gasteiger partial charge in [0, 0.05) is 9.61 Å². The molecule has 0 bridgehead atoms. The van der Waals surface area contributed by atoms with E-state index >= 15 is 0 Å². The molecule has 0 fully saturated rings. The van der Waals surface area contributed by atoms with E-state index in [4.69, 9.17) is 0 Å². The van der Waals surface area contributed by atoms with Gasteiger partial charge in [0.1, 0.15) is 5.82 Å². The average Bonchev–Trinajstić information content (AvgIpc) is 2.24. The molecule has 1 aromatic rings. The Morgan fingerprint density at radius 3 is 2.53 bits per heavy atom. The predicted molar refractivity (Wildman–Crippen MR) is 79.6 cm³/mol. The Bertz CT molecular complexity index is 352. The summed E-state index contributed by atoms with van der Waals surface area (Å²) in [7, 11) is 0. The van der Waals surface area contributed by atoms with Crippen LogP contribution in [0.15, 0.2) is 18.2 Å². The molecule has 96 valence electrons. The second-order valence-corrected chi connectivity index (χ2v) is 5.91. The monoisotopic (exact) mass is 349 g/mol. The number of hydrogen-bond donors (Lipinski definition) is 1. The number of halogens is 2. The number of benzene rings is 1. The van der Waals surface area contributed by atoms with E-state index in [0.29, 0.717) is 12.0 Å². The second-order valence-electron chi connectivity index (χ2n) is 4.75. The summed E-state index contributed by atoms with van der Waals surface area (Å²) in [5.41, 5.74) is 1.22. The summed E-state index contributed by atoms with van der Waals surface area (Å²) < 4.78 is 14.1. The van der Waals surface area contributed by atoms with Crippen LogP contribution in [0.25, 0.3) is 0 Å². The summed E-state index contributed by atoms with van der Waals surface area (Å²) in [4.78, 5) is 0. The Kier molecular flexibility index (Phi) is 6.41. The van der Waals surface area contributed by atoms with Crippen molar-refractivity contribution in [2.45, 2.75) is 39.7 Å². The van der Waals surface area contributed by atoms with E-state index in [1.54, 1.807) is 12.1 Å². The van der Waals surface area contributed by atoms with Crippen LogP contribution in [-0.4, -0.2) is 6.54 Å². The van der Waals surface area contributed by atoms with Crippen LogP contribution in [0.2, 0.25) is 0 Å². The molecule has 0 amide bonds. The standard InChI is InChI=1S/C14H21FIN/c1-4-17-14(8-5-10(2)3)12-7-6-11(15)9-13(12)16/h6-7,9-10,14,17H,4-5,8H2,1-3H3. The number of rotatable bonds is 6. The van der Waals surface area contributed by atoms with Crippen LogP contribution in [0.3, 0.4) is 0 Å². The molecule has 1 N–H and O–H groups in total. The Balaban J connectivity index is 2.81. The Morgan fingerprint density at radius 1 is 1.29 bits per heavy atom. The zero-order valence-corrected chi connectivity index (χ0v) is 12.9. The second kappa shape index (κ2) is 7.31. The lowest BCUT2D eigenvalue weighted by atomic mass is 9.97. The van der Waals surface area contributed by atoms with Crippen molar-refractivity contribution in [1.29, 1.82) is 0 Å². The highest BCUT2D eigenvalue weighted by molar-refractivity contribution is 14.1. The van der Waals surface area contributed by atoms with Gasteiger partial charge in [-0.3, -0.25) is 0 Å². The molecule has 0 radical (unpaired) electrons. The van der Waals surface area contributed by atoms with Crippen molar-refractivity contribution >= 4 is 22.6 Å². The largest absolute Gasteiger partial charge is 0.310 e. The Labute approximate surface area is 117 Å². The first-order valence-corrected chi connectivity index (χ1v) is 7.30. The highest BCUT2D eigenvalue weighted by atomic mass is 127. The third-order valence-electron chi connectivity index (χ3n) is 2.82. The lowest BCUT2D eigenvalue weighted by Crippen LogP contribution is -2.22. The molecule has 3 heteroatoms. The summed E-state index contributed by atoms with van der Waals surface area (Å²) in [5.74, 6) is 0.548. The molecule has 1 atom stereocenters. The van der Waals surface area contributed by atoms with Gasteiger partial charge in [0.05, 0.1) is 0 Å². The highest BCUT2D eigenvalue weighted by Gasteiger charge is 2.14. The quantitative estimate of drug-likeness (QED) is 0.745. The fourth-order valence-electron chi connectivity index (χ4n) is 1.90. The van der Waals surface area contributed by atoms with E-state index < -0.39 is 0 Å². The highest BCUT2D eigenvalue weighted by Crippen LogP contribution is 2.26. The predicted octanol–water partition coefficient (Wildman–Crippen LogP) is 4.52. The minimum atomic E-state index is -0.155. The van der Waals surface area contributed by atoms with Crippen molar-refractivity contribution in [3.05, 3.63) is 33.1 Å². The lowest BCUT2D eigenvalue weighted by molar-refractivity contribution is 0.447. The number of nitrogens with one attached hydrogen (secondary N) is 1. The van der Waals surface area contributed by atoms with Crippen LogP contribution in [0.5, 0.6) is 0 Å². The molecule has 0 aromatic heterocycles. The molecular formula is C14H21FIN. The van der Waals surface area contributed by atoms with Crippen molar-refractivity contribution in [3.63, 3.8) is 0 Å². The molecule has 0 aliphatic heterocycles. The summed E-state index contributed by atoms with van der Waals surface area (Å²) >= 11 is 2.22. The van der Waals surface area contributed by atoms with Crippen molar-refractivity contribution in [2.24, 2.45) is 5.92 Å². The Hall–Kier alpha value is -0.160. The molecule has 0 spiro atoms. The zero-order chi connectivity index (χ0) is 12.8. The van der Waals surface area contributed by atoms with Crippen LogP contribution >= 0.6 is 22.6 Å². The van der Waals surface area contributed by atoms with Gasteiger partial charge < -0.3 is 5.32 Å². The minimum Gasteiger partial charge on any atom is -0.310 e. The molecule has 17 heavy (non-hydrogen) atoms. The molecule has 1 nitrogen and oxygen atoms in total. The van der Waals surface area contributed by atoms with E-state index in [2.05, 4.69) is 48.7 Å². The Morgan fingerprint density at radius 2 is 2.00 bits per heavy atom. The van der Waals surface area contributed by atoms with E-state index in [1.807, 2.05) is 6.07 Å². The minimum absolute atomic E-state index is 0.155. The molecule has 0 aliphatic rings. The van der Waals surface area contributed by atoms with Crippen molar-refractivity contribution < 1.29 is 4.39 Å². The number of hydrogen-bond acceptors (Lipinski definition) is 1. The van der Waals surface area contributed by atoms with Gasteiger partial charge in [-0.1, -0.05) is 26.8 Å². The molecule has 1 unspecified atom stereocenters. The molecule has 1 aromatic carbocycles.